The van der Waals surface area contributed by atoms with Gasteiger partial charge in [0.1, 0.15) is 5.54 Å². The first-order valence-corrected chi connectivity index (χ1v) is 10.6. The molecule has 3 amide bonds. The first-order valence-electron chi connectivity index (χ1n) is 7.19. The first kappa shape index (κ1) is 16.2. The largest absolute Gasteiger partial charge is 0.338 e. The van der Waals surface area contributed by atoms with Gasteiger partial charge in [-0.1, -0.05) is 40.4 Å². The van der Waals surface area contributed by atoms with Crippen molar-refractivity contribution in [1.82, 2.24) is 9.47 Å². The lowest BCUT2D eigenvalue weighted by Gasteiger charge is -2.44. The van der Waals surface area contributed by atoms with Gasteiger partial charge in [0.05, 0.1) is 0 Å². The van der Waals surface area contributed by atoms with Crippen molar-refractivity contribution in [2.75, 3.05) is 0 Å². The van der Waals surface area contributed by atoms with Gasteiger partial charge in [-0.15, -0.1) is 0 Å². The minimum Gasteiger partial charge on any atom is -0.338 e. The SMILES string of the molecule is CCC1(C(C)C)C(=O)N(C(C)C)C(=O)N1[Si](C)(C)C. The van der Waals surface area contributed by atoms with Crippen LogP contribution in [0.5, 0.6) is 0 Å². The summed E-state index contributed by atoms with van der Waals surface area (Å²) in [7, 11) is -1.91. The molecule has 1 saturated heterocycles. The predicted molar refractivity (Wildman–Crippen MR) is 80.4 cm³/mol. The molecule has 0 radical (unpaired) electrons. The third-order valence-electron chi connectivity index (χ3n) is 4.07. The van der Waals surface area contributed by atoms with Gasteiger partial charge in [-0.25, -0.2) is 4.79 Å². The normalized spacial score (nSPS) is 25.2. The maximum Gasteiger partial charge on any atom is 0.319 e. The number of imide groups is 1. The van der Waals surface area contributed by atoms with Crippen LogP contribution in [0.25, 0.3) is 0 Å². The molecule has 0 aromatic carbocycles. The van der Waals surface area contributed by atoms with Gasteiger partial charge in [0.25, 0.3) is 5.91 Å². The summed E-state index contributed by atoms with van der Waals surface area (Å²) in [5.41, 5.74) is -0.647. The van der Waals surface area contributed by atoms with E-state index in [1.165, 1.54) is 4.90 Å². The third kappa shape index (κ3) is 2.22. The Labute approximate surface area is 118 Å². The van der Waals surface area contributed by atoms with Gasteiger partial charge in [0, 0.05) is 6.04 Å². The first-order chi connectivity index (χ1) is 8.51. The highest BCUT2D eigenvalue weighted by Crippen LogP contribution is 2.41. The van der Waals surface area contributed by atoms with Gasteiger partial charge < -0.3 is 4.57 Å². The van der Waals surface area contributed by atoms with Crippen molar-refractivity contribution in [2.24, 2.45) is 5.92 Å². The van der Waals surface area contributed by atoms with Crippen LogP contribution in [-0.4, -0.2) is 41.2 Å². The summed E-state index contributed by atoms with van der Waals surface area (Å²) in [6, 6.07) is -0.166. The van der Waals surface area contributed by atoms with Crippen LogP contribution in [0.1, 0.15) is 41.0 Å². The molecule has 1 fully saturated rings. The average Bonchev–Trinajstić information content (AvgIpc) is 2.45. The van der Waals surface area contributed by atoms with Gasteiger partial charge in [-0.3, -0.25) is 9.69 Å². The van der Waals surface area contributed by atoms with Crippen LogP contribution in [0.3, 0.4) is 0 Å². The fourth-order valence-corrected chi connectivity index (χ4v) is 5.62. The molecule has 0 aliphatic carbocycles. The maximum absolute atomic E-state index is 12.9. The van der Waals surface area contributed by atoms with Crippen LogP contribution in [0.2, 0.25) is 19.6 Å². The van der Waals surface area contributed by atoms with Gasteiger partial charge in [0.2, 0.25) is 0 Å². The molecule has 1 aliphatic heterocycles. The van der Waals surface area contributed by atoms with E-state index in [4.69, 9.17) is 0 Å². The predicted octanol–water partition coefficient (Wildman–Crippen LogP) is 3.30. The lowest BCUT2D eigenvalue weighted by molar-refractivity contribution is -0.135. The summed E-state index contributed by atoms with van der Waals surface area (Å²) < 4.78 is 1.94. The quantitative estimate of drug-likeness (QED) is 0.587. The zero-order valence-corrected chi connectivity index (χ0v) is 14.6. The van der Waals surface area contributed by atoms with Crippen LogP contribution in [-0.2, 0) is 4.79 Å². The molecule has 0 saturated carbocycles. The third-order valence-corrected chi connectivity index (χ3v) is 6.00. The summed E-state index contributed by atoms with van der Waals surface area (Å²) in [6.45, 7) is 16.3. The van der Waals surface area contributed by atoms with E-state index in [1.54, 1.807) is 0 Å². The van der Waals surface area contributed by atoms with Crippen LogP contribution in [0, 0.1) is 5.92 Å². The lowest BCUT2D eigenvalue weighted by atomic mass is 9.83. The molecule has 1 rings (SSSR count). The second kappa shape index (κ2) is 4.92. The Balaban J connectivity index is 3.48. The molecule has 5 heteroatoms. The van der Waals surface area contributed by atoms with Gasteiger partial charge in [-0.05, 0) is 26.2 Å². The number of hydrogen-bond donors (Lipinski definition) is 0. The summed E-state index contributed by atoms with van der Waals surface area (Å²) in [5, 5.41) is 0. The van der Waals surface area contributed by atoms with Crippen LogP contribution in [0.4, 0.5) is 4.79 Å². The van der Waals surface area contributed by atoms with Crippen molar-refractivity contribution in [1.29, 1.82) is 0 Å². The van der Waals surface area contributed by atoms with E-state index in [0.29, 0.717) is 6.42 Å². The fourth-order valence-electron chi connectivity index (χ4n) is 3.23. The van der Waals surface area contributed by atoms with E-state index >= 15 is 0 Å². The number of urea groups is 1. The van der Waals surface area contributed by atoms with Gasteiger partial charge in [-0.2, -0.15) is 0 Å². The molecule has 1 aliphatic rings. The Bertz CT molecular complexity index is 387. The van der Waals surface area contributed by atoms with E-state index in [0.717, 1.165) is 0 Å². The molecule has 0 N–H and O–H groups in total. The van der Waals surface area contributed by atoms with E-state index in [9.17, 15) is 9.59 Å². The number of hydrogen-bond acceptors (Lipinski definition) is 2. The van der Waals surface area contributed by atoms with E-state index in [-0.39, 0.29) is 23.9 Å². The minimum atomic E-state index is -1.91. The highest BCUT2D eigenvalue weighted by molar-refractivity contribution is 6.76. The molecule has 1 heterocycles. The maximum atomic E-state index is 12.9. The van der Waals surface area contributed by atoms with Crippen LogP contribution in [0.15, 0.2) is 0 Å². The highest BCUT2D eigenvalue weighted by Gasteiger charge is 2.61. The Morgan fingerprint density at radius 2 is 1.58 bits per heavy atom. The molecule has 1 atom stereocenters. The second-order valence-corrected chi connectivity index (χ2v) is 11.8. The van der Waals surface area contributed by atoms with Crippen molar-refractivity contribution < 1.29 is 9.59 Å². The molecular formula is C14H28N2O2Si. The van der Waals surface area contributed by atoms with E-state index in [1.807, 2.05) is 39.2 Å². The van der Waals surface area contributed by atoms with Crippen molar-refractivity contribution in [3.8, 4) is 0 Å². The lowest BCUT2D eigenvalue weighted by Crippen LogP contribution is -2.62. The van der Waals surface area contributed by atoms with E-state index < -0.39 is 13.8 Å². The Hall–Kier alpha value is -0.843. The standard InChI is InChI=1S/C14H28N2O2Si/c1-9-14(10(2)3)12(17)15(11(4)5)13(18)16(14)19(6,7)8/h10-11H,9H2,1-8H3. The molecule has 0 aromatic rings. The van der Waals surface area contributed by atoms with Crippen LogP contribution < -0.4 is 0 Å². The zero-order valence-electron chi connectivity index (χ0n) is 13.6. The Morgan fingerprint density at radius 3 is 1.79 bits per heavy atom. The number of amides is 3. The number of rotatable bonds is 4. The fraction of sp³-hybridized carbons (Fsp3) is 0.857. The van der Waals surface area contributed by atoms with Crippen molar-refractivity contribution in [3.05, 3.63) is 0 Å². The molecule has 0 bridgehead atoms. The number of nitrogens with zero attached hydrogens (tertiary/aromatic N) is 2. The molecule has 19 heavy (non-hydrogen) atoms. The summed E-state index contributed by atoms with van der Waals surface area (Å²) in [6.07, 6.45) is 0.683. The second-order valence-electron chi connectivity index (χ2n) is 6.99. The molecule has 0 aromatic heterocycles. The van der Waals surface area contributed by atoms with Crippen LogP contribution >= 0.6 is 0 Å². The molecule has 4 nitrogen and oxygen atoms in total. The molecule has 110 valence electrons. The topological polar surface area (TPSA) is 40.6 Å². The Morgan fingerprint density at radius 1 is 1.11 bits per heavy atom. The average molecular weight is 284 g/mol. The summed E-state index contributed by atoms with van der Waals surface area (Å²) >= 11 is 0. The van der Waals surface area contributed by atoms with Crippen molar-refractivity contribution in [2.45, 2.75) is 72.3 Å². The summed E-state index contributed by atoms with van der Waals surface area (Å²) in [4.78, 5) is 27.1. The van der Waals surface area contributed by atoms with E-state index in [2.05, 4.69) is 19.6 Å². The Kier molecular flexibility index (Phi) is 4.20. The summed E-state index contributed by atoms with van der Waals surface area (Å²) in [5.74, 6) is 0.122. The zero-order chi connectivity index (χ0) is 15.2. The number of carbonyl (C=O) groups is 2. The van der Waals surface area contributed by atoms with Gasteiger partial charge >= 0.3 is 6.03 Å². The highest BCUT2D eigenvalue weighted by atomic mass is 28.3. The smallest absolute Gasteiger partial charge is 0.319 e. The van der Waals surface area contributed by atoms with Gasteiger partial charge in [0.15, 0.2) is 8.24 Å². The molecule has 1 unspecified atom stereocenters. The number of carbonyl (C=O) groups excluding carboxylic acids is 2. The molecule has 0 spiro atoms. The molecular weight excluding hydrogens is 256 g/mol. The minimum absolute atomic E-state index is 0.00701. The van der Waals surface area contributed by atoms with Crippen molar-refractivity contribution in [3.63, 3.8) is 0 Å². The monoisotopic (exact) mass is 284 g/mol. The van der Waals surface area contributed by atoms with Crippen molar-refractivity contribution >= 4 is 20.2 Å².